The van der Waals surface area contributed by atoms with E-state index in [-0.39, 0.29) is 44.6 Å². The summed E-state index contributed by atoms with van der Waals surface area (Å²) >= 11 is 0. The zero-order valence-corrected chi connectivity index (χ0v) is 19.9. The number of hydrogen-bond donors (Lipinski definition) is 10. The highest BCUT2D eigenvalue weighted by Crippen LogP contribution is 2.05. The maximum atomic E-state index is 13.1. The predicted octanol–water partition coefficient (Wildman–Crippen LogP) is -4.27. The van der Waals surface area contributed by atoms with Crippen LogP contribution in [0, 0.1) is 0 Å². The predicted molar refractivity (Wildman–Crippen MR) is 128 cm³/mol. The molecule has 0 aliphatic carbocycles. The number of hydrogen-bond acceptors (Lipinski definition) is 9. The Morgan fingerprint density at radius 3 is 2.14 bits per heavy atom. The number of carboxylic acids is 2. The molecule has 17 heteroatoms. The number of carbonyl (C=O) groups is 5. The van der Waals surface area contributed by atoms with Crippen molar-refractivity contribution in [2.75, 3.05) is 13.2 Å². The van der Waals surface area contributed by atoms with Gasteiger partial charge >= 0.3 is 11.9 Å². The first-order valence-electron chi connectivity index (χ1n) is 11.2. The second-order valence-corrected chi connectivity index (χ2v) is 7.97. The topological polar surface area (TPSA) is 301 Å². The molecular formula is C20H33N9O8. The molecule has 4 unspecified atom stereocenters. The molecule has 1 aromatic rings. The maximum Gasteiger partial charge on any atom is 0.328 e. The molecule has 1 heterocycles. The van der Waals surface area contributed by atoms with Gasteiger partial charge in [0.25, 0.3) is 0 Å². The standard InChI is InChI=1S/C20H33N9O8/c21-11(3-4-15(31)32)16(33)28-13(6-10-7-24-9-26-10)18(35)27-12(2-1-5-25-20(22)23)17(34)29-14(8-30)19(36)37/h7,9,11-14,30H,1-6,8,21H2,(H,24,26)(H,27,35)(H,28,33)(H,29,34)(H,31,32)(H,36,37)(H4,22,23,25). The van der Waals surface area contributed by atoms with E-state index in [2.05, 4.69) is 30.9 Å². The molecule has 1 aromatic heterocycles. The van der Waals surface area contributed by atoms with Gasteiger partial charge in [0.05, 0.1) is 19.0 Å². The number of nitrogens with two attached hydrogens (primary N) is 3. The first-order chi connectivity index (χ1) is 17.4. The van der Waals surface area contributed by atoms with Crippen LogP contribution in [0.3, 0.4) is 0 Å². The Morgan fingerprint density at radius 2 is 1.59 bits per heavy atom. The summed E-state index contributed by atoms with van der Waals surface area (Å²) in [6.45, 7) is -0.778. The third kappa shape index (κ3) is 11.8. The minimum Gasteiger partial charge on any atom is -0.481 e. The van der Waals surface area contributed by atoms with E-state index in [0.29, 0.717) is 5.69 Å². The van der Waals surface area contributed by atoms with Crippen molar-refractivity contribution in [2.45, 2.75) is 56.3 Å². The number of aromatic amines is 1. The summed E-state index contributed by atoms with van der Waals surface area (Å²) in [6, 6.07) is -5.37. The van der Waals surface area contributed by atoms with Gasteiger partial charge in [0.15, 0.2) is 5.96 Å². The molecule has 0 saturated carbocycles. The minimum absolute atomic E-state index is 0.0189. The van der Waals surface area contributed by atoms with Crippen LogP contribution in [0.2, 0.25) is 0 Å². The summed E-state index contributed by atoms with van der Waals surface area (Å²) in [5.74, 6) is -5.32. The van der Waals surface area contributed by atoms with Gasteiger partial charge in [0, 0.05) is 31.3 Å². The Hall–Kier alpha value is -4.25. The van der Waals surface area contributed by atoms with Crippen molar-refractivity contribution in [1.29, 1.82) is 0 Å². The lowest BCUT2D eigenvalue weighted by molar-refractivity contribution is -0.143. The summed E-state index contributed by atoms with van der Waals surface area (Å²) in [6.07, 6.45) is 2.34. The molecule has 0 aliphatic heterocycles. The van der Waals surface area contributed by atoms with Crippen LogP contribution in [-0.4, -0.2) is 98.2 Å². The quantitative estimate of drug-likeness (QED) is 0.0523. The van der Waals surface area contributed by atoms with Gasteiger partial charge in [-0.1, -0.05) is 0 Å². The van der Waals surface area contributed by atoms with Gasteiger partial charge in [-0.15, -0.1) is 0 Å². The number of nitrogens with zero attached hydrogens (tertiary/aromatic N) is 2. The maximum absolute atomic E-state index is 13.1. The molecular weight excluding hydrogens is 494 g/mol. The minimum atomic E-state index is -1.61. The summed E-state index contributed by atoms with van der Waals surface area (Å²) in [4.78, 5) is 70.7. The van der Waals surface area contributed by atoms with Crippen LogP contribution in [0.1, 0.15) is 31.4 Å². The van der Waals surface area contributed by atoms with Gasteiger partial charge in [-0.3, -0.25) is 24.2 Å². The number of carboxylic acid groups (broad SMARTS) is 2. The second kappa shape index (κ2) is 15.7. The first-order valence-corrected chi connectivity index (χ1v) is 11.2. The number of rotatable bonds is 17. The number of aliphatic imine (C=N–C) groups is 1. The highest BCUT2D eigenvalue weighted by molar-refractivity contribution is 5.94. The van der Waals surface area contributed by atoms with E-state index in [0.717, 1.165) is 0 Å². The average molecular weight is 528 g/mol. The van der Waals surface area contributed by atoms with E-state index in [1.807, 2.05) is 0 Å². The van der Waals surface area contributed by atoms with Crippen molar-refractivity contribution in [3.05, 3.63) is 18.2 Å². The Kier molecular flexibility index (Phi) is 13.0. The number of aromatic nitrogens is 2. The van der Waals surface area contributed by atoms with Crippen LogP contribution in [0.4, 0.5) is 0 Å². The summed E-state index contributed by atoms with van der Waals surface area (Å²) in [7, 11) is 0. The van der Waals surface area contributed by atoms with Crippen molar-refractivity contribution in [3.63, 3.8) is 0 Å². The largest absolute Gasteiger partial charge is 0.481 e. The molecule has 1 rings (SSSR count). The number of aliphatic carboxylic acids is 2. The van der Waals surface area contributed by atoms with E-state index >= 15 is 0 Å². The van der Waals surface area contributed by atoms with Crippen LogP contribution in [0.25, 0.3) is 0 Å². The van der Waals surface area contributed by atoms with Crippen LogP contribution < -0.4 is 33.2 Å². The lowest BCUT2D eigenvalue weighted by atomic mass is 10.1. The first kappa shape index (κ1) is 30.8. The third-order valence-corrected chi connectivity index (χ3v) is 4.99. The van der Waals surface area contributed by atoms with Crippen LogP contribution in [0.15, 0.2) is 17.5 Å². The van der Waals surface area contributed by atoms with E-state index in [1.54, 1.807) is 0 Å². The van der Waals surface area contributed by atoms with Gasteiger partial charge in [-0.2, -0.15) is 0 Å². The molecule has 0 fully saturated rings. The van der Waals surface area contributed by atoms with Gasteiger partial charge in [-0.05, 0) is 19.3 Å². The fourth-order valence-corrected chi connectivity index (χ4v) is 3.02. The van der Waals surface area contributed by atoms with Crippen molar-refractivity contribution in [1.82, 2.24) is 25.9 Å². The number of guanidine groups is 1. The molecule has 0 bridgehead atoms. The number of aliphatic hydroxyl groups is 1. The van der Waals surface area contributed by atoms with E-state index in [1.165, 1.54) is 12.5 Å². The SMILES string of the molecule is NC(N)=NCCCC(NC(=O)C(Cc1cnc[nH]1)NC(=O)C(N)CCC(=O)O)C(=O)NC(CO)C(=O)O. The number of H-pyrrole nitrogens is 1. The van der Waals surface area contributed by atoms with Crippen molar-refractivity contribution in [2.24, 2.45) is 22.2 Å². The third-order valence-electron chi connectivity index (χ3n) is 4.99. The molecule has 0 saturated heterocycles. The highest BCUT2D eigenvalue weighted by atomic mass is 16.4. The van der Waals surface area contributed by atoms with E-state index in [9.17, 15) is 29.1 Å². The molecule has 206 valence electrons. The van der Waals surface area contributed by atoms with E-state index < -0.39 is 60.4 Å². The van der Waals surface area contributed by atoms with Crippen molar-refractivity contribution >= 4 is 35.6 Å². The molecule has 3 amide bonds. The molecule has 4 atom stereocenters. The van der Waals surface area contributed by atoms with E-state index in [4.69, 9.17) is 27.4 Å². The second-order valence-electron chi connectivity index (χ2n) is 7.97. The van der Waals surface area contributed by atoms with Gasteiger partial charge in [-0.25, -0.2) is 9.78 Å². The number of aliphatic hydroxyl groups excluding tert-OH is 1. The Bertz CT molecular complexity index is 950. The smallest absolute Gasteiger partial charge is 0.328 e. The Balaban J connectivity index is 3.05. The molecule has 0 aromatic carbocycles. The molecule has 13 N–H and O–H groups in total. The van der Waals surface area contributed by atoms with Crippen molar-refractivity contribution in [3.8, 4) is 0 Å². The number of imidazole rings is 1. The fourth-order valence-electron chi connectivity index (χ4n) is 3.02. The zero-order valence-electron chi connectivity index (χ0n) is 19.9. The lowest BCUT2D eigenvalue weighted by Gasteiger charge is -2.24. The van der Waals surface area contributed by atoms with Crippen LogP contribution >= 0.6 is 0 Å². The van der Waals surface area contributed by atoms with Crippen LogP contribution in [-0.2, 0) is 30.4 Å². The zero-order chi connectivity index (χ0) is 28.0. The number of amides is 3. The normalized spacial score (nSPS) is 13.9. The molecule has 37 heavy (non-hydrogen) atoms. The summed E-state index contributed by atoms with van der Waals surface area (Å²) in [5.41, 5.74) is 16.7. The average Bonchev–Trinajstić information content (AvgIpc) is 3.34. The van der Waals surface area contributed by atoms with Crippen LogP contribution in [0.5, 0.6) is 0 Å². The Labute approximate surface area is 211 Å². The van der Waals surface area contributed by atoms with Gasteiger partial charge in [0.1, 0.15) is 18.1 Å². The highest BCUT2D eigenvalue weighted by Gasteiger charge is 2.30. The Morgan fingerprint density at radius 1 is 0.973 bits per heavy atom. The summed E-state index contributed by atoms with van der Waals surface area (Å²) < 4.78 is 0. The molecule has 0 radical (unpaired) electrons. The van der Waals surface area contributed by atoms with Crippen molar-refractivity contribution < 1.29 is 39.3 Å². The number of carbonyl (C=O) groups excluding carboxylic acids is 3. The van der Waals surface area contributed by atoms with Gasteiger partial charge < -0.3 is 53.5 Å². The number of nitrogens with one attached hydrogen (secondary N) is 4. The van der Waals surface area contributed by atoms with Gasteiger partial charge in [0.2, 0.25) is 17.7 Å². The monoisotopic (exact) mass is 527 g/mol. The molecule has 17 nitrogen and oxygen atoms in total. The fraction of sp³-hybridized carbons (Fsp3) is 0.550. The lowest BCUT2D eigenvalue weighted by Crippen LogP contribution is -2.58. The summed E-state index contributed by atoms with van der Waals surface area (Å²) in [5, 5.41) is 34.1. The molecule has 0 spiro atoms. The molecule has 0 aliphatic rings.